The molecule has 0 saturated carbocycles. The molecule has 0 aliphatic carbocycles. The van der Waals surface area contributed by atoms with E-state index in [1.807, 2.05) is 0 Å². The van der Waals surface area contributed by atoms with Gasteiger partial charge in [-0.15, -0.1) is 0 Å². The number of hydrogen-bond donors (Lipinski definition) is 0. The second-order valence-corrected chi connectivity index (χ2v) is 12.8. The van der Waals surface area contributed by atoms with Crippen LogP contribution in [0, 0.1) is 10.7 Å². The number of hydrogen-bond acceptors (Lipinski definition) is 3. The quantitative estimate of drug-likeness (QED) is 0.325. The summed E-state index contributed by atoms with van der Waals surface area (Å²) >= 11 is -4.39. The van der Waals surface area contributed by atoms with Gasteiger partial charge in [0.2, 0.25) is 0 Å². The fraction of sp³-hybridized carbons (Fsp3) is 0.0476. The van der Waals surface area contributed by atoms with Crippen LogP contribution in [0.25, 0.3) is 0 Å². The van der Waals surface area contributed by atoms with E-state index in [2.05, 4.69) is 10.7 Å². The van der Waals surface area contributed by atoms with Gasteiger partial charge in [0, 0.05) is 0 Å². The summed E-state index contributed by atoms with van der Waals surface area (Å²) in [7, 11) is -5.89. The first-order valence-corrected chi connectivity index (χ1v) is 13.0. The summed E-state index contributed by atoms with van der Waals surface area (Å²) in [4.78, 5) is 2.82. The van der Waals surface area contributed by atoms with Crippen LogP contribution in [-0.4, -0.2) is 27.1 Å². The molecule has 3 nitrogen and oxygen atoms in total. The van der Waals surface area contributed by atoms with Gasteiger partial charge < -0.3 is 0 Å². The van der Waals surface area contributed by atoms with Gasteiger partial charge in [0.05, 0.1) is 0 Å². The first kappa shape index (κ1) is 21.2. The van der Waals surface area contributed by atoms with Crippen molar-refractivity contribution in [2.24, 2.45) is 0 Å². The Hall–Kier alpha value is -2.56. The molecule has 0 aromatic heterocycles. The molecule has 150 valence electrons. The SMILES string of the molecule is O=S(=O)(O[Se](C#Cc1ccccc1)(c1ccccc1)c1ccccc1)C(F)(F)F. The molecule has 0 aliphatic rings. The second-order valence-electron chi connectivity index (χ2n) is 5.74. The van der Waals surface area contributed by atoms with Crippen LogP contribution in [-0.2, 0) is 13.4 Å². The minimum atomic E-state index is -5.89. The van der Waals surface area contributed by atoms with E-state index in [4.69, 9.17) is 3.27 Å². The molecule has 29 heavy (non-hydrogen) atoms. The Kier molecular flexibility index (Phi) is 6.15. The molecule has 0 atom stereocenters. The first-order valence-electron chi connectivity index (χ1n) is 8.28. The first-order chi connectivity index (χ1) is 13.7. The van der Waals surface area contributed by atoms with E-state index in [9.17, 15) is 21.6 Å². The van der Waals surface area contributed by atoms with E-state index in [0.717, 1.165) is 0 Å². The summed E-state index contributed by atoms with van der Waals surface area (Å²) in [6, 6.07) is 24.6. The zero-order valence-electron chi connectivity index (χ0n) is 14.8. The van der Waals surface area contributed by atoms with Crippen LogP contribution in [0.3, 0.4) is 0 Å². The Morgan fingerprint density at radius 3 is 1.55 bits per heavy atom. The predicted octanol–water partition coefficient (Wildman–Crippen LogP) is 3.20. The molecule has 0 bridgehead atoms. The van der Waals surface area contributed by atoms with Gasteiger partial charge >= 0.3 is 170 Å². The van der Waals surface area contributed by atoms with Gasteiger partial charge in [0.1, 0.15) is 0 Å². The average molecular weight is 483 g/mol. The number of benzene rings is 3. The molecule has 0 saturated heterocycles. The fourth-order valence-electron chi connectivity index (χ4n) is 2.40. The van der Waals surface area contributed by atoms with E-state index in [1.165, 1.54) is 0 Å². The third kappa shape index (κ3) is 4.72. The molecule has 0 radical (unpaired) electrons. The normalized spacial score (nSPS) is 12.7. The number of alkyl halides is 3. The molecule has 0 amide bonds. The van der Waals surface area contributed by atoms with Crippen molar-refractivity contribution in [3.63, 3.8) is 0 Å². The third-order valence-corrected chi connectivity index (χ3v) is 11.8. The molecule has 0 N–H and O–H groups in total. The fourth-order valence-corrected chi connectivity index (χ4v) is 10.2. The van der Waals surface area contributed by atoms with Gasteiger partial charge in [-0.25, -0.2) is 0 Å². The van der Waals surface area contributed by atoms with Crippen LogP contribution in [0.4, 0.5) is 13.2 Å². The third-order valence-electron chi connectivity index (χ3n) is 3.74. The van der Waals surface area contributed by atoms with Crippen molar-refractivity contribution in [2.45, 2.75) is 5.51 Å². The van der Waals surface area contributed by atoms with Gasteiger partial charge in [-0.1, -0.05) is 0 Å². The molecule has 0 fully saturated rings. The van der Waals surface area contributed by atoms with E-state index < -0.39 is 28.8 Å². The minimum absolute atomic E-state index is 0.311. The van der Waals surface area contributed by atoms with Crippen molar-refractivity contribution in [3.05, 3.63) is 96.6 Å². The van der Waals surface area contributed by atoms with Crippen molar-refractivity contribution < 1.29 is 24.9 Å². The van der Waals surface area contributed by atoms with Crippen molar-refractivity contribution in [3.8, 4) is 10.7 Å². The molecule has 3 rings (SSSR count). The zero-order chi connectivity index (χ0) is 21.0. The molecule has 0 unspecified atom stereocenters. The molecule has 8 heteroatoms. The van der Waals surface area contributed by atoms with Gasteiger partial charge in [-0.05, 0) is 0 Å². The van der Waals surface area contributed by atoms with E-state index in [0.29, 0.717) is 14.5 Å². The van der Waals surface area contributed by atoms with Crippen LogP contribution in [0.15, 0.2) is 91.0 Å². The maximum absolute atomic E-state index is 13.2. The Morgan fingerprint density at radius 2 is 1.14 bits per heavy atom. The van der Waals surface area contributed by atoms with Gasteiger partial charge in [0.15, 0.2) is 0 Å². The average Bonchev–Trinajstić information content (AvgIpc) is 2.72. The second kappa shape index (κ2) is 8.44. The number of halogens is 3. The Labute approximate surface area is 169 Å². The molecule has 0 heterocycles. The molecule has 3 aromatic rings. The summed E-state index contributed by atoms with van der Waals surface area (Å²) in [5.41, 5.74) is -5.03. The maximum atomic E-state index is 13.2. The van der Waals surface area contributed by atoms with Crippen LogP contribution in [0.1, 0.15) is 5.56 Å². The molecular formula is C21H15F3O3SSe. The van der Waals surface area contributed by atoms with Crippen molar-refractivity contribution >= 4 is 32.2 Å². The predicted molar refractivity (Wildman–Crippen MR) is 107 cm³/mol. The topological polar surface area (TPSA) is 43.4 Å². The summed E-state index contributed by atoms with van der Waals surface area (Å²) in [5, 5.41) is 0. The van der Waals surface area contributed by atoms with Crippen LogP contribution in [0.2, 0.25) is 0 Å². The van der Waals surface area contributed by atoms with Crippen molar-refractivity contribution in [1.29, 1.82) is 0 Å². The number of rotatable bonds is 4. The van der Waals surface area contributed by atoms with E-state index >= 15 is 0 Å². The summed E-state index contributed by atoms with van der Waals surface area (Å²) in [6.07, 6.45) is 0. The summed E-state index contributed by atoms with van der Waals surface area (Å²) in [6.45, 7) is 0. The van der Waals surface area contributed by atoms with Gasteiger partial charge in [-0.2, -0.15) is 0 Å². The molecule has 0 aliphatic heterocycles. The standard InChI is InChI=1S/C21H15F3O3SSe/c22-21(23,24)28(25,26)27-29(19-12-6-2-7-13-19,20-14-8-3-9-15-20)17-16-18-10-4-1-5-11-18/h1-15H. The molecule has 0 spiro atoms. The summed E-state index contributed by atoms with van der Waals surface area (Å²) < 4.78 is 69.4. The molecule has 3 aromatic carbocycles. The van der Waals surface area contributed by atoms with Crippen LogP contribution < -0.4 is 8.92 Å². The van der Waals surface area contributed by atoms with E-state index in [-0.39, 0.29) is 0 Å². The van der Waals surface area contributed by atoms with Gasteiger partial charge in [-0.3, -0.25) is 0 Å². The van der Waals surface area contributed by atoms with Crippen molar-refractivity contribution in [1.82, 2.24) is 0 Å². The Morgan fingerprint density at radius 1 is 0.724 bits per heavy atom. The Bertz CT molecular complexity index is 1080. The Balaban J connectivity index is 2.30. The van der Waals surface area contributed by atoms with Crippen molar-refractivity contribution in [2.75, 3.05) is 0 Å². The van der Waals surface area contributed by atoms with Gasteiger partial charge in [0.25, 0.3) is 0 Å². The summed E-state index contributed by atoms with van der Waals surface area (Å²) in [5.74, 6) is 2.82. The molecular weight excluding hydrogens is 468 g/mol. The van der Waals surface area contributed by atoms with E-state index in [1.54, 1.807) is 91.0 Å². The van der Waals surface area contributed by atoms with Crippen LogP contribution in [0.5, 0.6) is 0 Å². The van der Waals surface area contributed by atoms with Crippen LogP contribution >= 0.6 is 0 Å². The monoisotopic (exact) mass is 484 g/mol. The zero-order valence-corrected chi connectivity index (χ0v) is 17.4.